The summed E-state index contributed by atoms with van der Waals surface area (Å²) < 4.78 is 11.1. The topological polar surface area (TPSA) is 18.5 Å². The maximum absolute atomic E-state index is 5.53. The van der Waals surface area contributed by atoms with Gasteiger partial charge in [-0.05, 0) is 103 Å². The number of hydrogen-bond donors (Lipinski definition) is 0. The van der Waals surface area contributed by atoms with Gasteiger partial charge in [0.25, 0.3) is 0 Å². The van der Waals surface area contributed by atoms with E-state index in [2.05, 4.69) is 86.6 Å². The first kappa shape index (κ1) is 18.9. The van der Waals surface area contributed by atoms with Crippen LogP contribution < -0.4 is 9.47 Å². The molecule has 6 aromatic rings. The summed E-state index contributed by atoms with van der Waals surface area (Å²) in [6.45, 7) is 4.36. The molecule has 0 N–H and O–H groups in total. The fourth-order valence-electron chi connectivity index (χ4n) is 5.28. The van der Waals surface area contributed by atoms with Gasteiger partial charge in [0.05, 0.1) is 14.2 Å². The Morgan fingerprint density at radius 2 is 0.875 bits per heavy atom. The summed E-state index contributed by atoms with van der Waals surface area (Å²) in [7, 11) is 3.45. The van der Waals surface area contributed by atoms with Gasteiger partial charge in [-0.2, -0.15) is 0 Å². The molecule has 0 unspecified atom stereocenters. The number of benzene rings is 6. The molecule has 0 spiro atoms. The second-order valence-electron chi connectivity index (χ2n) is 8.64. The van der Waals surface area contributed by atoms with Gasteiger partial charge in [-0.3, -0.25) is 0 Å². The molecule has 2 nitrogen and oxygen atoms in total. The van der Waals surface area contributed by atoms with Crippen LogP contribution in [0.1, 0.15) is 11.1 Å². The zero-order valence-electron chi connectivity index (χ0n) is 18.7. The van der Waals surface area contributed by atoms with Crippen LogP contribution in [-0.4, -0.2) is 14.2 Å². The molecule has 0 aliphatic carbocycles. The lowest BCUT2D eigenvalue weighted by atomic mass is 9.88. The van der Waals surface area contributed by atoms with E-state index in [9.17, 15) is 0 Å². The van der Waals surface area contributed by atoms with Crippen LogP contribution in [0.5, 0.6) is 11.5 Å². The summed E-state index contributed by atoms with van der Waals surface area (Å²) in [5.74, 6) is 1.77. The van der Waals surface area contributed by atoms with Crippen LogP contribution in [0.2, 0.25) is 0 Å². The lowest BCUT2D eigenvalue weighted by Gasteiger charge is -2.16. The molecule has 6 aromatic carbocycles. The Morgan fingerprint density at radius 1 is 0.438 bits per heavy atom. The van der Waals surface area contributed by atoms with Crippen molar-refractivity contribution < 1.29 is 9.47 Å². The molecule has 0 radical (unpaired) electrons. The van der Waals surface area contributed by atoms with Gasteiger partial charge in [0.1, 0.15) is 11.5 Å². The van der Waals surface area contributed by atoms with Crippen molar-refractivity contribution in [3.63, 3.8) is 0 Å². The monoisotopic (exact) mass is 416 g/mol. The summed E-state index contributed by atoms with van der Waals surface area (Å²) in [4.78, 5) is 0. The first-order chi connectivity index (χ1) is 15.6. The Balaban J connectivity index is 1.92. The van der Waals surface area contributed by atoms with E-state index in [0.717, 1.165) is 11.5 Å². The Bertz CT molecular complexity index is 1590. The van der Waals surface area contributed by atoms with Crippen LogP contribution in [0.4, 0.5) is 0 Å². The van der Waals surface area contributed by atoms with E-state index in [4.69, 9.17) is 9.47 Å². The number of hydrogen-bond acceptors (Lipinski definition) is 2. The van der Waals surface area contributed by atoms with Crippen LogP contribution in [0.15, 0.2) is 72.8 Å². The normalized spacial score (nSPS) is 11.8. The van der Waals surface area contributed by atoms with E-state index in [0.29, 0.717) is 0 Å². The molecule has 0 bridgehead atoms. The highest BCUT2D eigenvalue weighted by Crippen LogP contribution is 2.42. The highest BCUT2D eigenvalue weighted by atomic mass is 16.5. The molecule has 0 aliphatic rings. The second kappa shape index (κ2) is 6.86. The largest absolute Gasteiger partial charge is 0.497 e. The van der Waals surface area contributed by atoms with Gasteiger partial charge >= 0.3 is 0 Å². The lowest BCUT2D eigenvalue weighted by molar-refractivity contribution is 0.415. The molecule has 6 rings (SSSR count). The van der Waals surface area contributed by atoms with Crippen molar-refractivity contribution in [2.24, 2.45) is 0 Å². The van der Waals surface area contributed by atoms with Gasteiger partial charge in [0.2, 0.25) is 0 Å². The highest BCUT2D eigenvalue weighted by Gasteiger charge is 2.14. The molecule has 0 amide bonds. The fraction of sp³-hybridized carbons (Fsp3) is 0.133. The van der Waals surface area contributed by atoms with E-state index >= 15 is 0 Å². The minimum atomic E-state index is 0.887. The first-order valence-electron chi connectivity index (χ1n) is 10.9. The standard InChI is InChI=1S/C30H24O2/c1-17-13-20-7-5-19-6-8-21-14-18(2)27-16-23(32-4)10-12-25(27)29(21)30(19)28(20)24-11-9-22(31-3)15-26(17)24/h5-16H,1-4H3. The zero-order chi connectivity index (χ0) is 22.0. The van der Waals surface area contributed by atoms with Crippen molar-refractivity contribution in [2.45, 2.75) is 13.8 Å². The quantitative estimate of drug-likeness (QED) is 0.266. The highest BCUT2D eigenvalue weighted by molar-refractivity contribution is 6.32. The Kier molecular flexibility index (Phi) is 4.06. The molecule has 0 aliphatic heterocycles. The van der Waals surface area contributed by atoms with Gasteiger partial charge in [-0.25, -0.2) is 0 Å². The third-order valence-electron chi connectivity index (χ3n) is 6.84. The molecule has 0 fully saturated rings. The van der Waals surface area contributed by atoms with Crippen LogP contribution in [-0.2, 0) is 0 Å². The molecule has 156 valence electrons. The molecule has 0 heterocycles. The molecule has 2 heteroatoms. The molecule has 0 atom stereocenters. The molecular weight excluding hydrogens is 392 g/mol. The van der Waals surface area contributed by atoms with Crippen molar-refractivity contribution in [1.29, 1.82) is 0 Å². The maximum atomic E-state index is 5.53. The van der Waals surface area contributed by atoms with Crippen molar-refractivity contribution in [2.75, 3.05) is 14.2 Å². The van der Waals surface area contributed by atoms with Gasteiger partial charge in [0, 0.05) is 0 Å². The first-order valence-corrected chi connectivity index (χ1v) is 10.9. The van der Waals surface area contributed by atoms with E-state index in [1.165, 1.54) is 65.0 Å². The summed E-state index contributed by atoms with van der Waals surface area (Å²) in [5.41, 5.74) is 2.52. The predicted octanol–water partition coefficient (Wildman–Crippen LogP) is 8.09. The van der Waals surface area contributed by atoms with Gasteiger partial charge in [-0.15, -0.1) is 0 Å². The van der Waals surface area contributed by atoms with Crippen molar-refractivity contribution in [1.82, 2.24) is 0 Å². The molecular formula is C30H24O2. The van der Waals surface area contributed by atoms with Crippen LogP contribution >= 0.6 is 0 Å². The molecule has 0 saturated heterocycles. The van der Waals surface area contributed by atoms with Crippen molar-refractivity contribution in [3.8, 4) is 11.5 Å². The SMILES string of the molecule is COc1ccc2c(c1)c(C)cc1ccc3ccc4cc(C)c5cc(OC)ccc5c4c3c12. The number of methoxy groups -OCH3 is 2. The average molecular weight is 417 g/mol. The van der Waals surface area contributed by atoms with Gasteiger partial charge in [-0.1, -0.05) is 48.5 Å². The molecule has 0 aromatic heterocycles. The maximum Gasteiger partial charge on any atom is 0.119 e. The van der Waals surface area contributed by atoms with E-state index in [1.807, 2.05) is 0 Å². The van der Waals surface area contributed by atoms with Gasteiger partial charge < -0.3 is 9.47 Å². The third kappa shape index (κ3) is 2.59. The zero-order valence-corrected chi connectivity index (χ0v) is 18.7. The Hall–Kier alpha value is -3.78. The molecule has 32 heavy (non-hydrogen) atoms. The van der Waals surface area contributed by atoms with Crippen LogP contribution in [0, 0.1) is 13.8 Å². The summed E-state index contributed by atoms with van der Waals surface area (Å²) in [6, 6.07) is 26.5. The number of fused-ring (bicyclic) bond motifs is 9. The van der Waals surface area contributed by atoms with Crippen molar-refractivity contribution in [3.05, 3.63) is 83.9 Å². The second-order valence-corrected chi connectivity index (χ2v) is 8.64. The fourth-order valence-corrected chi connectivity index (χ4v) is 5.28. The summed E-state index contributed by atoms with van der Waals surface area (Å²) >= 11 is 0. The lowest BCUT2D eigenvalue weighted by Crippen LogP contribution is -1.90. The summed E-state index contributed by atoms with van der Waals surface area (Å²) in [6.07, 6.45) is 0. The Labute approximate surface area is 187 Å². The van der Waals surface area contributed by atoms with Crippen molar-refractivity contribution >= 4 is 53.9 Å². The van der Waals surface area contributed by atoms with Gasteiger partial charge in [0.15, 0.2) is 0 Å². The smallest absolute Gasteiger partial charge is 0.119 e. The Morgan fingerprint density at radius 3 is 1.31 bits per heavy atom. The minimum absolute atomic E-state index is 0.887. The predicted molar refractivity (Wildman–Crippen MR) is 137 cm³/mol. The van der Waals surface area contributed by atoms with E-state index in [-0.39, 0.29) is 0 Å². The van der Waals surface area contributed by atoms with Crippen LogP contribution in [0.25, 0.3) is 53.9 Å². The van der Waals surface area contributed by atoms with E-state index < -0.39 is 0 Å². The minimum Gasteiger partial charge on any atom is -0.497 e. The third-order valence-corrected chi connectivity index (χ3v) is 6.84. The molecule has 0 saturated carbocycles. The number of ether oxygens (including phenoxy) is 2. The van der Waals surface area contributed by atoms with E-state index in [1.54, 1.807) is 14.2 Å². The summed E-state index contributed by atoms with van der Waals surface area (Å²) in [5, 5.41) is 12.7. The number of rotatable bonds is 2. The average Bonchev–Trinajstić information content (AvgIpc) is 2.83. The van der Waals surface area contributed by atoms with Crippen LogP contribution in [0.3, 0.4) is 0 Å². The number of aryl methyl sites for hydroxylation is 2.